The second kappa shape index (κ2) is 12.7. The van der Waals surface area contributed by atoms with Crippen molar-refractivity contribution in [2.24, 2.45) is 0 Å². The Hall–Kier alpha value is -2.39. The van der Waals surface area contributed by atoms with Crippen LogP contribution in [0.5, 0.6) is 5.88 Å². The Morgan fingerprint density at radius 3 is 2.70 bits per heavy atom. The molecular formula is C24H37N3O6. The van der Waals surface area contributed by atoms with Crippen LogP contribution >= 0.6 is 0 Å². The van der Waals surface area contributed by atoms with E-state index in [2.05, 4.69) is 22.0 Å². The highest BCUT2D eigenvalue weighted by Crippen LogP contribution is 2.37. The van der Waals surface area contributed by atoms with Crippen molar-refractivity contribution < 1.29 is 28.5 Å². The van der Waals surface area contributed by atoms with Gasteiger partial charge in [0.1, 0.15) is 12.7 Å². The average Bonchev–Trinajstić information content (AvgIpc) is 3.67. The first-order chi connectivity index (χ1) is 16.0. The van der Waals surface area contributed by atoms with Crippen LogP contribution < -0.4 is 10.1 Å². The molecule has 2 fully saturated rings. The summed E-state index contributed by atoms with van der Waals surface area (Å²) in [4.78, 5) is 31.3. The second-order valence-corrected chi connectivity index (χ2v) is 8.60. The quantitative estimate of drug-likeness (QED) is 0.476. The molecule has 3 rings (SSSR count). The highest BCUT2D eigenvalue weighted by atomic mass is 16.5. The number of methoxy groups -OCH3 is 2. The van der Waals surface area contributed by atoms with Crippen molar-refractivity contribution in [2.75, 3.05) is 40.6 Å². The number of amides is 2. The molecule has 1 saturated carbocycles. The molecule has 184 valence electrons. The summed E-state index contributed by atoms with van der Waals surface area (Å²) in [7, 11) is 2.97. The summed E-state index contributed by atoms with van der Waals surface area (Å²) in [5.74, 6) is 0.608. The minimum atomic E-state index is -0.447. The van der Waals surface area contributed by atoms with Crippen molar-refractivity contribution in [1.82, 2.24) is 15.2 Å². The van der Waals surface area contributed by atoms with Crippen molar-refractivity contribution in [3.63, 3.8) is 0 Å². The van der Waals surface area contributed by atoms with Crippen LogP contribution in [-0.4, -0.2) is 74.6 Å². The van der Waals surface area contributed by atoms with E-state index in [1.807, 2.05) is 17.0 Å². The number of hydrogen-bond donors (Lipinski definition) is 1. The fraction of sp³-hybridized carbons (Fsp3) is 0.708. The Morgan fingerprint density at radius 1 is 1.21 bits per heavy atom. The van der Waals surface area contributed by atoms with Crippen molar-refractivity contribution in [3.05, 3.63) is 23.4 Å². The van der Waals surface area contributed by atoms with Gasteiger partial charge < -0.3 is 29.2 Å². The summed E-state index contributed by atoms with van der Waals surface area (Å²) in [5.41, 5.74) is 1.85. The summed E-state index contributed by atoms with van der Waals surface area (Å²) >= 11 is 0. The van der Waals surface area contributed by atoms with Gasteiger partial charge in [0.15, 0.2) is 0 Å². The van der Waals surface area contributed by atoms with Crippen LogP contribution in [0.15, 0.2) is 12.1 Å². The third-order valence-electron chi connectivity index (χ3n) is 6.03. The molecule has 33 heavy (non-hydrogen) atoms. The number of aromatic nitrogens is 1. The SMILES string of the molecule is COCCOc1cc([C@@H](C)N(C(=O)[C@H]2CCCCO2)C2CC2)cc(CCCNC(=O)OC)n1. The number of nitrogens with one attached hydrogen (secondary N) is 1. The number of hydrogen-bond acceptors (Lipinski definition) is 7. The molecule has 2 heterocycles. The van der Waals surface area contributed by atoms with Gasteiger partial charge in [0.25, 0.3) is 5.91 Å². The Morgan fingerprint density at radius 2 is 2.03 bits per heavy atom. The monoisotopic (exact) mass is 463 g/mol. The van der Waals surface area contributed by atoms with Crippen LogP contribution in [0, 0.1) is 0 Å². The van der Waals surface area contributed by atoms with Crippen molar-refractivity contribution >= 4 is 12.0 Å². The maximum Gasteiger partial charge on any atom is 0.406 e. The molecule has 0 aromatic carbocycles. The molecule has 0 spiro atoms. The maximum absolute atomic E-state index is 13.4. The smallest absolute Gasteiger partial charge is 0.406 e. The standard InChI is InChI=1S/C24H37N3O6/c1-17(27(20-9-10-20)23(28)21-8-4-5-12-32-21)18-15-19(7-6-11-25-24(29)31-3)26-22(16-18)33-14-13-30-2/h15-17,20-21H,4-14H2,1-3H3,(H,25,29)/t17-,21-/m1/s1. The molecule has 2 amide bonds. The molecule has 1 aliphatic carbocycles. The van der Waals surface area contributed by atoms with Gasteiger partial charge in [-0.05, 0) is 63.5 Å². The molecule has 1 aliphatic heterocycles. The first kappa shape index (κ1) is 25.2. The molecule has 1 aromatic heterocycles. The van der Waals surface area contributed by atoms with Gasteiger partial charge in [-0.3, -0.25) is 4.79 Å². The first-order valence-corrected chi connectivity index (χ1v) is 11.9. The van der Waals surface area contributed by atoms with Gasteiger partial charge in [-0.2, -0.15) is 0 Å². The molecular weight excluding hydrogens is 426 g/mol. The van der Waals surface area contributed by atoms with E-state index in [1.54, 1.807) is 7.11 Å². The van der Waals surface area contributed by atoms with Gasteiger partial charge in [-0.1, -0.05) is 0 Å². The summed E-state index contributed by atoms with van der Waals surface area (Å²) < 4.78 is 21.3. The topological polar surface area (TPSA) is 99.2 Å². The van der Waals surface area contributed by atoms with E-state index in [9.17, 15) is 9.59 Å². The molecule has 1 aromatic rings. The van der Waals surface area contributed by atoms with E-state index in [-0.39, 0.29) is 24.1 Å². The molecule has 2 aliphatic rings. The van der Waals surface area contributed by atoms with E-state index in [1.165, 1.54) is 7.11 Å². The summed E-state index contributed by atoms with van der Waals surface area (Å²) in [5, 5.41) is 2.69. The first-order valence-electron chi connectivity index (χ1n) is 11.9. The Bertz CT molecular complexity index is 779. The third-order valence-corrected chi connectivity index (χ3v) is 6.03. The van der Waals surface area contributed by atoms with Crippen molar-refractivity contribution in [2.45, 2.75) is 70.1 Å². The minimum Gasteiger partial charge on any atom is -0.475 e. The number of carbonyl (C=O) groups is 2. The third kappa shape index (κ3) is 7.57. The lowest BCUT2D eigenvalue weighted by molar-refractivity contribution is -0.149. The molecule has 2 atom stereocenters. The minimum absolute atomic E-state index is 0.0900. The van der Waals surface area contributed by atoms with Crippen LogP contribution in [0.2, 0.25) is 0 Å². The average molecular weight is 464 g/mol. The van der Waals surface area contributed by atoms with Crippen molar-refractivity contribution in [3.8, 4) is 5.88 Å². The number of carbonyl (C=O) groups excluding carboxylic acids is 2. The van der Waals surface area contributed by atoms with Gasteiger partial charge in [-0.25, -0.2) is 9.78 Å². The van der Waals surface area contributed by atoms with Crippen molar-refractivity contribution in [1.29, 1.82) is 0 Å². The van der Waals surface area contributed by atoms with E-state index in [4.69, 9.17) is 14.2 Å². The zero-order valence-electron chi connectivity index (χ0n) is 20.0. The zero-order chi connectivity index (χ0) is 23.6. The van der Waals surface area contributed by atoms with Crippen LogP contribution in [0.3, 0.4) is 0 Å². The van der Waals surface area contributed by atoms with E-state index in [0.717, 1.165) is 43.4 Å². The number of ether oxygens (including phenoxy) is 4. The molecule has 9 nitrogen and oxygen atoms in total. The second-order valence-electron chi connectivity index (χ2n) is 8.60. The molecule has 1 saturated heterocycles. The molecule has 1 N–H and O–H groups in total. The number of aryl methyl sites for hydroxylation is 1. The number of nitrogens with zero attached hydrogens (tertiary/aromatic N) is 2. The summed E-state index contributed by atoms with van der Waals surface area (Å²) in [6, 6.07) is 4.10. The highest BCUT2D eigenvalue weighted by molar-refractivity contribution is 5.82. The van der Waals surface area contributed by atoms with Gasteiger partial charge in [-0.15, -0.1) is 0 Å². The molecule has 9 heteroatoms. The van der Waals surface area contributed by atoms with Gasteiger partial charge in [0.05, 0.1) is 19.8 Å². The highest BCUT2D eigenvalue weighted by Gasteiger charge is 2.40. The summed E-state index contributed by atoms with van der Waals surface area (Å²) in [6.45, 7) is 4.06. The number of rotatable bonds is 12. The predicted molar refractivity (Wildman–Crippen MR) is 122 cm³/mol. The van der Waals surface area contributed by atoms with Gasteiger partial charge in [0.2, 0.25) is 5.88 Å². The maximum atomic E-state index is 13.4. The lowest BCUT2D eigenvalue weighted by atomic mass is 10.0. The van der Waals surface area contributed by atoms with Crippen LogP contribution in [0.25, 0.3) is 0 Å². The normalized spacial score (nSPS) is 18.9. The van der Waals surface area contributed by atoms with Crippen LogP contribution in [-0.2, 0) is 25.4 Å². The van der Waals surface area contributed by atoms with E-state index in [0.29, 0.717) is 45.1 Å². The number of alkyl carbamates (subject to hydrolysis) is 1. The lowest BCUT2D eigenvalue weighted by Crippen LogP contribution is -2.44. The zero-order valence-corrected chi connectivity index (χ0v) is 20.0. The predicted octanol–water partition coefficient (Wildman–Crippen LogP) is 3.02. The lowest BCUT2D eigenvalue weighted by Gasteiger charge is -2.34. The van der Waals surface area contributed by atoms with E-state index < -0.39 is 6.09 Å². The fourth-order valence-corrected chi connectivity index (χ4v) is 4.09. The molecule has 0 radical (unpaired) electrons. The van der Waals surface area contributed by atoms with Gasteiger partial charge >= 0.3 is 6.09 Å². The van der Waals surface area contributed by atoms with Crippen LogP contribution in [0.1, 0.15) is 62.7 Å². The Kier molecular flexibility index (Phi) is 9.75. The molecule has 0 unspecified atom stereocenters. The van der Waals surface area contributed by atoms with Gasteiger partial charge in [0, 0.05) is 38.1 Å². The summed E-state index contributed by atoms with van der Waals surface area (Å²) in [6.07, 6.45) is 5.46. The molecule has 0 bridgehead atoms. The Balaban J connectivity index is 1.75. The van der Waals surface area contributed by atoms with E-state index >= 15 is 0 Å². The largest absolute Gasteiger partial charge is 0.475 e. The Labute approximate surface area is 196 Å². The number of pyridine rings is 1. The van der Waals surface area contributed by atoms with Crippen LogP contribution in [0.4, 0.5) is 4.79 Å². The fourth-order valence-electron chi connectivity index (χ4n) is 4.09.